The van der Waals surface area contributed by atoms with E-state index in [4.69, 9.17) is 0 Å². The second-order valence-corrected chi connectivity index (χ2v) is 9.87. The first-order chi connectivity index (χ1) is 15.4. The molecule has 0 aliphatic carbocycles. The average molecular weight is 495 g/mol. The molecule has 1 aromatic carbocycles. The van der Waals surface area contributed by atoms with Crippen LogP contribution in [0.3, 0.4) is 0 Å². The van der Waals surface area contributed by atoms with Crippen LogP contribution in [0.2, 0.25) is 0 Å². The summed E-state index contributed by atoms with van der Waals surface area (Å²) in [6.45, 7) is 3.81. The number of hydrogen-bond acceptors (Lipinski definition) is 4. The second-order valence-electron chi connectivity index (χ2n) is 8.73. The van der Waals surface area contributed by atoms with Crippen molar-refractivity contribution in [3.05, 3.63) is 34.7 Å². The van der Waals surface area contributed by atoms with E-state index in [-0.39, 0.29) is 18.6 Å². The molecular weight excluding hydrogens is 470 g/mol. The molecule has 2 aliphatic rings. The maximum Gasteiger partial charge on any atom is 0.434 e. The van der Waals surface area contributed by atoms with Gasteiger partial charge in [-0.15, -0.1) is 11.3 Å². The minimum Gasteiger partial charge on any atom is -0.426 e. The molecule has 0 radical (unpaired) electrons. The van der Waals surface area contributed by atoms with Crippen molar-refractivity contribution >= 4 is 27.5 Å². The van der Waals surface area contributed by atoms with Gasteiger partial charge in [0.15, 0.2) is 0 Å². The molecule has 2 fully saturated rings. The lowest BCUT2D eigenvalue weighted by atomic mass is 9.85. The molecule has 4 rings (SSSR count). The average Bonchev–Trinajstić information content (AvgIpc) is 3.26. The van der Waals surface area contributed by atoms with E-state index < -0.39 is 24.5 Å². The Balaban J connectivity index is 1.42. The van der Waals surface area contributed by atoms with Crippen molar-refractivity contribution in [2.24, 2.45) is 0 Å². The lowest BCUT2D eigenvalue weighted by Crippen LogP contribution is -2.54. The molecule has 2 aliphatic heterocycles. The van der Waals surface area contributed by atoms with Gasteiger partial charge in [0.05, 0.1) is 0 Å². The fraction of sp³-hybridized carbons (Fsp3) is 0.591. The number of nitrogens with zero attached hydrogens (tertiary/aromatic N) is 2. The molecule has 0 unspecified atom stereocenters. The van der Waals surface area contributed by atoms with Crippen LogP contribution in [0.4, 0.5) is 31.1 Å². The number of likely N-dealkylation sites (tertiary alicyclic amines) is 2. The van der Waals surface area contributed by atoms with Crippen LogP contribution < -0.4 is 0 Å². The highest BCUT2D eigenvalue weighted by molar-refractivity contribution is 7.19. The first kappa shape index (κ1) is 24.1. The summed E-state index contributed by atoms with van der Waals surface area (Å²) in [6, 6.07) is 8.16. The monoisotopic (exact) mass is 494 g/mol. The van der Waals surface area contributed by atoms with Gasteiger partial charge in [-0.2, -0.15) is 26.3 Å². The summed E-state index contributed by atoms with van der Waals surface area (Å²) in [5.41, 5.74) is 1.01. The Hall–Kier alpha value is -2.01. The third kappa shape index (κ3) is 4.80. The maximum atomic E-state index is 12.7. The van der Waals surface area contributed by atoms with Gasteiger partial charge >= 0.3 is 18.4 Å². The molecule has 2 saturated heterocycles. The van der Waals surface area contributed by atoms with E-state index in [1.165, 1.54) is 20.5 Å². The van der Waals surface area contributed by atoms with E-state index in [9.17, 15) is 31.1 Å². The highest BCUT2D eigenvalue weighted by Gasteiger charge is 2.60. The highest BCUT2D eigenvalue weighted by Crippen LogP contribution is 2.42. The fourth-order valence-electron chi connectivity index (χ4n) is 4.96. The number of alkyl halides is 6. The second kappa shape index (κ2) is 8.65. The predicted octanol–water partition coefficient (Wildman–Crippen LogP) is 6.27. The molecule has 11 heteroatoms. The Morgan fingerprint density at radius 2 is 1.70 bits per heavy atom. The smallest absolute Gasteiger partial charge is 0.426 e. The molecule has 1 aromatic heterocycles. The zero-order valence-corrected chi connectivity index (χ0v) is 18.7. The molecule has 0 N–H and O–H groups in total. The summed E-state index contributed by atoms with van der Waals surface area (Å²) < 4.78 is 81.5. The molecular formula is C22H24F6N2O2S. The lowest BCUT2D eigenvalue weighted by Gasteiger charge is -2.45. The van der Waals surface area contributed by atoms with Crippen LogP contribution in [-0.2, 0) is 11.3 Å². The Morgan fingerprint density at radius 3 is 2.30 bits per heavy atom. The van der Waals surface area contributed by atoms with E-state index in [1.54, 1.807) is 11.3 Å². The number of amides is 1. The Morgan fingerprint density at radius 1 is 1.06 bits per heavy atom. The highest BCUT2D eigenvalue weighted by atomic mass is 32.1. The largest absolute Gasteiger partial charge is 0.434 e. The van der Waals surface area contributed by atoms with Gasteiger partial charge < -0.3 is 9.64 Å². The summed E-state index contributed by atoms with van der Waals surface area (Å²) >= 11 is 1.74. The van der Waals surface area contributed by atoms with Crippen molar-refractivity contribution in [1.29, 1.82) is 0 Å². The fourth-order valence-corrected chi connectivity index (χ4v) is 6.18. The summed E-state index contributed by atoms with van der Waals surface area (Å²) in [4.78, 5) is 16.7. The van der Waals surface area contributed by atoms with Crippen LogP contribution in [0.15, 0.2) is 24.3 Å². The van der Waals surface area contributed by atoms with Crippen molar-refractivity contribution in [2.45, 2.75) is 63.1 Å². The van der Waals surface area contributed by atoms with Gasteiger partial charge in [0.2, 0.25) is 0 Å². The number of benzene rings is 1. The molecule has 4 nitrogen and oxygen atoms in total. The summed E-state index contributed by atoms with van der Waals surface area (Å²) in [6.07, 6.45) is -14.3. The van der Waals surface area contributed by atoms with Gasteiger partial charge in [0.25, 0.3) is 6.10 Å². The van der Waals surface area contributed by atoms with Gasteiger partial charge in [-0.3, -0.25) is 4.90 Å². The number of aryl methyl sites for hydroxylation is 1. The van der Waals surface area contributed by atoms with Crippen LogP contribution in [0.1, 0.15) is 36.1 Å². The molecule has 3 heterocycles. The molecule has 1 amide bonds. The summed E-state index contributed by atoms with van der Waals surface area (Å²) in [7, 11) is 0. The van der Waals surface area contributed by atoms with Gasteiger partial charge in [0, 0.05) is 34.8 Å². The minimum atomic E-state index is -5.71. The normalized spacial score (nSPS) is 19.7. The third-order valence-corrected chi connectivity index (χ3v) is 8.04. The van der Waals surface area contributed by atoms with Crippen molar-refractivity contribution in [3.63, 3.8) is 0 Å². The van der Waals surface area contributed by atoms with Gasteiger partial charge in [-0.1, -0.05) is 18.2 Å². The van der Waals surface area contributed by atoms with E-state index in [1.807, 2.05) is 12.1 Å². The molecule has 1 spiro atoms. The number of rotatable bonds is 3. The predicted molar refractivity (Wildman–Crippen MR) is 112 cm³/mol. The molecule has 33 heavy (non-hydrogen) atoms. The van der Waals surface area contributed by atoms with E-state index in [2.05, 4.69) is 28.7 Å². The molecule has 182 valence electrons. The van der Waals surface area contributed by atoms with Gasteiger partial charge in [0.1, 0.15) is 0 Å². The zero-order chi connectivity index (χ0) is 24.0. The third-order valence-electron chi connectivity index (χ3n) is 6.78. The van der Waals surface area contributed by atoms with E-state index >= 15 is 0 Å². The maximum absolute atomic E-state index is 12.7. The lowest BCUT2D eigenvalue weighted by molar-refractivity contribution is -0.308. The van der Waals surface area contributed by atoms with Crippen LogP contribution in [0.25, 0.3) is 10.1 Å². The van der Waals surface area contributed by atoms with E-state index in [0.717, 1.165) is 30.8 Å². The molecule has 0 saturated carbocycles. The molecule has 2 aromatic rings. The number of thiophene rings is 1. The quantitative estimate of drug-likeness (QED) is 0.472. The number of ether oxygens (including phenoxy) is 1. The first-order valence-corrected chi connectivity index (χ1v) is 11.5. The topological polar surface area (TPSA) is 32.8 Å². The number of fused-ring (bicyclic) bond motifs is 1. The first-order valence-electron chi connectivity index (χ1n) is 10.7. The molecule has 0 bridgehead atoms. The van der Waals surface area contributed by atoms with Crippen LogP contribution in [-0.4, -0.2) is 59.5 Å². The van der Waals surface area contributed by atoms with E-state index in [0.29, 0.717) is 12.8 Å². The number of carbonyl (C=O) groups is 1. The van der Waals surface area contributed by atoms with Crippen molar-refractivity contribution in [3.8, 4) is 0 Å². The zero-order valence-electron chi connectivity index (χ0n) is 17.9. The SMILES string of the molecule is Cc1c(CN2CCCC23CCN(C(=O)OC(C(F)(F)F)C(F)(F)F)CC3)sc2ccccc12. The number of piperidine rings is 1. The number of hydrogen-bond donors (Lipinski definition) is 0. The Labute approximate surface area is 191 Å². The van der Waals surface area contributed by atoms with Gasteiger partial charge in [-0.25, -0.2) is 4.79 Å². The standard InChI is InChI=1S/C22H24F6N2O2S/c1-14-15-5-2-3-6-16(15)33-17(14)13-30-10-4-7-20(30)8-11-29(12-9-20)19(31)32-18(21(23,24)25)22(26,27)28/h2-3,5-6,18H,4,7-13H2,1H3. The number of carbonyl (C=O) groups excluding carboxylic acids is 1. The summed E-state index contributed by atoms with van der Waals surface area (Å²) in [5, 5.41) is 1.21. The van der Waals surface area contributed by atoms with Crippen LogP contribution in [0, 0.1) is 6.92 Å². The summed E-state index contributed by atoms with van der Waals surface area (Å²) in [5.74, 6) is 0. The number of halogens is 6. The Bertz CT molecular complexity index is 996. The van der Waals surface area contributed by atoms with Crippen molar-refractivity contribution in [1.82, 2.24) is 9.80 Å². The van der Waals surface area contributed by atoms with Crippen LogP contribution >= 0.6 is 11.3 Å². The van der Waals surface area contributed by atoms with Gasteiger partial charge in [-0.05, 0) is 56.2 Å². The van der Waals surface area contributed by atoms with Crippen molar-refractivity contribution in [2.75, 3.05) is 19.6 Å². The Kier molecular flexibility index (Phi) is 6.32. The van der Waals surface area contributed by atoms with Crippen LogP contribution in [0.5, 0.6) is 0 Å². The van der Waals surface area contributed by atoms with Crippen molar-refractivity contribution < 1.29 is 35.9 Å². The minimum absolute atomic E-state index is 0.0587. The molecule has 0 atom stereocenters.